The van der Waals surface area contributed by atoms with E-state index in [-0.39, 0.29) is 12.5 Å². The zero-order chi connectivity index (χ0) is 19.0. The first-order valence-electron chi connectivity index (χ1n) is 7.77. The zero-order valence-electron chi connectivity index (χ0n) is 14.7. The smallest absolute Gasteiger partial charge is 0.353 e. The number of hydrogen-bond acceptors (Lipinski definition) is 7. The van der Waals surface area contributed by atoms with Crippen LogP contribution in [-0.2, 0) is 14.3 Å². The van der Waals surface area contributed by atoms with Crippen molar-refractivity contribution in [2.24, 2.45) is 16.8 Å². The van der Waals surface area contributed by atoms with Gasteiger partial charge in [0.25, 0.3) is 0 Å². The van der Waals surface area contributed by atoms with Crippen molar-refractivity contribution >= 4 is 29.4 Å². The van der Waals surface area contributed by atoms with Gasteiger partial charge < -0.3 is 14.3 Å². The number of nitriles is 1. The van der Waals surface area contributed by atoms with Crippen molar-refractivity contribution in [1.29, 1.82) is 10.7 Å². The van der Waals surface area contributed by atoms with Crippen LogP contribution in [0.4, 0.5) is 5.69 Å². The molecule has 0 aliphatic carbocycles. The summed E-state index contributed by atoms with van der Waals surface area (Å²) in [6.07, 6.45) is 0.499. The Morgan fingerprint density at radius 2 is 2.12 bits per heavy atom. The summed E-state index contributed by atoms with van der Waals surface area (Å²) >= 11 is 0. The standard InChI is InChI=1S/C18H21N3O4/c1-5-25-18(23)16(20)13(10-22)17(11(2)3)21-14-8-12(9-19)6-7-15(14)24-4/h6-8,10-11,13,20H,5H2,1-4H3. The number of ether oxygens (including phenoxy) is 2. The lowest BCUT2D eigenvalue weighted by Gasteiger charge is -2.18. The van der Waals surface area contributed by atoms with Crippen molar-refractivity contribution < 1.29 is 19.1 Å². The number of carbonyl (C=O) groups excluding carboxylic acids is 2. The van der Waals surface area contributed by atoms with E-state index in [1.807, 2.05) is 6.07 Å². The van der Waals surface area contributed by atoms with Crippen LogP contribution >= 0.6 is 0 Å². The summed E-state index contributed by atoms with van der Waals surface area (Å²) in [7, 11) is 1.47. The number of nitrogens with zero attached hydrogens (tertiary/aromatic N) is 2. The van der Waals surface area contributed by atoms with Crippen LogP contribution in [0.5, 0.6) is 5.75 Å². The molecular weight excluding hydrogens is 322 g/mol. The fourth-order valence-electron chi connectivity index (χ4n) is 2.17. The SMILES string of the molecule is CCOC(=O)C(=N)C(C=O)C(=Nc1cc(C#N)ccc1OC)C(C)C. The van der Waals surface area contributed by atoms with Gasteiger partial charge in [0.1, 0.15) is 29.4 Å². The van der Waals surface area contributed by atoms with E-state index in [4.69, 9.17) is 20.1 Å². The fourth-order valence-corrected chi connectivity index (χ4v) is 2.17. The minimum atomic E-state index is -1.13. The lowest BCUT2D eigenvalue weighted by atomic mass is 9.91. The normalized spacial score (nSPS) is 12.2. The largest absolute Gasteiger partial charge is 0.494 e. The summed E-state index contributed by atoms with van der Waals surface area (Å²) in [6.45, 7) is 5.33. The number of nitrogens with one attached hydrogen (secondary N) is 1. The van der Waals surface area contributed by atoms with E-state index in [0.29, 0.717) is 29.0 Å². The number of rotatable bonds is 8. The molecule has 25 heavy (non-hydrogen) atoms. The maximum Gasteiger partial charge on any atom is 0.353 e. The molecule has 0 aliphatic heterocycles. The molecular formula is C18H21N3O4. The maximum absolute atomic E-state index is 11.8. The highest BCUT2D eigenvalue weighted by Gasteiger charge is 2.29. The minimum Gasteiger partial charge on any atom is -0.494 e. The van der Waals surface area contributed by atoms with Crippen molar-refractivity contribution in [1.82, 2.24) is 0 Å². The van der Waals surface area contributed by atoms with Gasteiger partial charge in [-0.2, -0.15) is 5.26 Å². The van der Waals surface area contributed by atoms with E-state index in [2.05, 4.69) is 4.99 Å². The molecule has 0 radical (unpaired) electrons. The molecule has 0 heterocycles. The van der Waals surface area contributed by atoms with Gasteiger partial charge in [-0.1, -0.05) is 13.8 Å². The summed E-state index contributed by atoms with van der Waals surface area (Å²) in [5.74, 6) is -1.79. The molecule has 0 fully saturated rings. The lowest BCUT2D eigenvalue weighted by Crippen LogP contribution is -2.34. The van der Waals surface area contributed by atoms with Gasteiger partial charge in [0.15, 0.2) is 0 Å². The van der Waals surface area contributed by atoms with Crippen LogP contribution in [0.25, 0.3) is 0 Å². The van der Waals surface area contributed by atoms with E-state index in [0.717, 1.165) is 0 Å². The van der Waals surface area contributed by atoms with Gasteiger partial charge in [0.05, 0.1) is 25.3 Å². The molecule has 1 unspecified atom stereocenters. The van der Waals surface area contributed by atoms with Gasteiger partial charge in [0, 0.05) is 5.71 Å². The predicted octanol–water partition coefficient (Wildman–Crippen LogP) is 2.69. The van der Waals surface area contributed by atoms with E-state index in [1.165, 1.54) is 13.2 Å². The Hall–Kier alpha value is -3.01. The van der Waals surface area contributed by atoms with Crippen molar-refractivity contribution in [2.75, 3.05) is 13.7 Å². The number of hydrogen-bond donors (Lipinski definition) is 1. The first-order valence-corrected chi connectivity index (χ1v) is 7.77. The molecule has 1 aromatic rings. The summed E-state index contributed by atoms with van der Waals surface area (Å²) < 4.78 is 10.0. The van der Waals surface area contributed by atoms with Crippen molar-refractivity contribution in [2.45, 2.75) is 20.8 Å². The number of aliphatic imine (C=N–C) groups is 1. The molecule has 0 bridgehead atoms. The molecule has 1 rings (SSSR count). The second-order valence-electron chi connectivity index (χ2n) is 5.44. The average molecular weight is 343 g/mol. The Labute approximate surface area is 146 Å². The molecule has 0 saturated carbocycles. The van der Waals surface area contributed by atoms with Gasteiger partial charge in [-0.25, -0.2) is 4.79 Å². The Balaban J connectivity index is 3.42. The highest BCUT2D eigenvalue weighted by atomic mass is 16.5. The molecule has 1 N–H and O–H groups in total. The van der Waals surface area contributed by atoms with Crippen LogP contribution in [0.1, 0.15) is 26.3 Å². The molecule has 0 aliphatic rings. The topological polar surface area (TPSA) is 113 Å². The third-order valence-corrected chi connectivity index (χ3v) is 3.41. The molecule has 132 valence electrons. The summed E-state index contributed by atoms with van der Waals surface area (Å²) in [6, 6.07) is 6.72. The minimum absolute atomic E-state index is 0.110. The van der Waals surface area contributed by atoms with Gasteiger partial charge in [-0.3, -0.25) is 10.4 Å². The summed E-state index contributed by atoms with van der Waals surface area (Å²) in [5, 5.41) is 17.0. The van der Waals surface area contributed by atoms with Crippen LogP contribution in [0.15, 0.2) is 23.2 Å². The van der Waals surface area contributed by atoms with E-state index in [9.17, 15) is 9.59 Å². The Morgan fingerprint density at radius 3 is 2.60 bits per heavy atom. The van der Waals surface area contributed by atoms with E-state index in [1.54, 1.807) is 32.9 Å². The summed E-state index contributed by atoms with van der Waals surface area (Å²) in [4.78, 5) is 27.8. The molecule has 1 atom stereocenters. The third kappa shape index (κ3) is 4.98. The number of aldehydes is 1. The summed E-state index contributed by atoms with van der Waals surface area (Å²) in [5.41, 5.74) is 0.584. The average Bonchev–Trinajstić information content (AvgIpc) is 2.61. The molecule has 0 saturated heterocycles. The monoisotopic (exact) mass is 343 g/mol. The molecule has 0 spiro atoms. The molecule has 7 nitrogen and oxygen atoms in total. The van der Waals surface area contributed by atoms with Gasteiger partial charge >= 0.3 is 5.97 Å². The molecule has 1 aromatic carbocycles. The van der Waals surface area contributed by atoms with Crippen LogP contribution in [0, 0.1) is 28.6 Å². The lowest BCUT2D eigenvalue weighted by molar-refractivity contribution is -0.135. The van der Waals surface area contributed by atoms with Gasteiger partial charge in [-0.05, 0) is 31.0 Å². The van der Waals surface area contributed by atoms with Crippen LogP contribution in [0.3, 0.4) is 0 Å². The third-order valence-electron chi connectivity index (χ3n) is 3.41. The van der Waals surface area contributed by atoms with E-state index < -0.39 is 17.6 Å². The van der Waals surface area contributed by atoms with Gasteiger partial charge in [-0.15, -0.1) is 0 Å². The molecule has 0 aromatic heterocycles. The number of methoxy groups -OCH3 is 1. The second kappa shape index (κ2) is 9.33. The van der Waals surface area contributed by atoms with Crippen LogP contribution in [-0.4, -0.2) is 37.4 Å². The second-order valence-corrected chi connectivity index (χ2v) is 5.44. The van der Waals surface area contributed by atoms with Crippen molar-refractivity contribution in [3.63, 3.8) is 0 Å². The highest BCUT2D eigenvalue weighted by Crippen LogP contribution is 2.30. The van der Waals surface area contributed by atoms with Gasteiger partial charge in [0.2, 0.25) is 0 Å². The van der Waals surface area contributed by atoms with E-state index >= 15 is 0 Å². The Bertz CT molecular complexity index is 732. The highest BCUT2D eigenvalue weighted by molar-refractivity contribution is 6.43. The predicted molar refractivity (Wildman–Crippen MR) is 93.6 cm³/mol. The quantitative estimate of drug-likeness (QED) is 0.443. The molecule has 7 heteroatoms. The Kier molecular flexibility index (Phi) is 7.47. The first-order chi connectivity index (χ1) is 11.9. The Morgan fingerprint density at radius 1 is 1.44 bits per heavy atom. The zero-order valence-corrected chi connectivity index (χ0v) is 14.7. The van der Waals surface area contributed by atoms with Crippen molar-refractivity contribution in [3.8, 4) is 11.8 Å². The fraction of sp³-hybridized carbons (Fsp3) is 0.389. The van der Waals surface area contributed by atoms with Crippen LogP contribution < -0.4 is 4.74 Å². The number of benzene rings is 1. The van der Waals surface area contributed by atoms with Crippen LogP contribution in [0.2, 0.25) is 0 Å². The number of carbonyl (C=O) groups is 2. The van der Waals surface area contributed by atoms with Crippen molar-refractivity contribution in [3.05, 3.63) is 23.8 Å². The first kappa shape index (κ1) is 20.0. The number of esters is 1. The molecule has 0 amide bonds. The maximum atomic E-state index is 11.8.